The number of hydrogen-bond acceptors (Lipinski definition) is 2. The zero-order valence-corrected chi connectivity index (χ0v) is 33.2. The lowest BCUT2D eigenvalue weighted by atomic mass is 10.0. The Morgan fingerprint density at radius 3 is 0.982 bits per heavy atom. The van der Waals surface area contributed by atoms with Crippen LogP contribution in [-0.4, -0.2) is 0 Å². The van der Waals surface area contributed by atoms with Gasteiger partial charge in [-0.15, -0.1) is 0 Å². The van der Waals surface area contributed by atoms with Crippen LogP contribution in [0.25, 0.3) is 24.3 Å². The summed E-state index contributed by atoms with van der Waals surface area (Å²) in [5, 5.41) is 0. The second kappa shape index (κ2) is 18.3. The van der Waals surface area contributed by atoms with E-state index in [2.05, 4.69) is 232 Å². The molecule has 56 heavy (non-hydrogen) atoms. The molecule has 7 rings (SSSR count). The van der Waals surface area contributed by atoms with Crippen molar-refractivity contribution in [1.29, 1.82) is 0 Å². The first-order valence-electron chi connectivity index (χ1n) is 20.2. The van der Waals surface area contributed by atoms with Gasteiger partial charge in [0.15, 0.2) is 0 Å². The molecule has 0 N–H and O–H groups in total. The summed E-state index contributed by atoms with van der Waals surface area (Å²) in [6.07, 6.45) is 13.0. The Morgan fingerprint density at radius 1 is 0.304 bits per heavy atom. The Morgan fingerprint density at radius 2 is 0.625 bits per heavy atom. The zero-order chi connectivity index (χ0) is 38.7. The van der Waals surface area contributed by atoms with Crippen molar-refractivity contribution in [2.75, 3.05) is 9.80 Å². The molecule has 0 radical (unpaired) electrons. The van der Waals surface area contributed by atoms with Crippen LogP contribution in [0, 0.1) is 0 Å². The Kier molecular flexibility index (Phi) is 12.4. The van der Waals surface area contributed by atoms with E-state index in [1.54, 1.807) is 0 Å². The van der Waals surface area contributed by atoms with Crippen molar-refractivity contribution in [3.63, 3.8) is 0 Å². The van der Waals surface area contributed by atoms with Crippen LogP contribution < -0.4 is 9.80 Å². The summed E-state index contributed by atoms with van der Waals surface area (Å²) >= 11 is 0. The number of rotatable bonds is 14. The minimum absolute atomic E-state index is 1.02. The molecular formula is C54H52N2. The lowest BCUT2D eigenvalue weighted by molar-refractivity contribution is 1.03. The fourth-order valence-electron chi connectivity index (χ4n) is 7.55. The first kappa shape index (κ1) is 37.9. The average Bonchev–Trinajstić information content (AvgIpc) is 3.27. The molecule has 2 heteroatoms. The largest absolute Gasteiger partial charge is 0.310 e. The van der Waals surface area contributed by atoms with E-state index in [9.17, 15) is 0 Å². The minimum Gasteiger partial charge on any atom is -0.310 e. The first-order valence-corrected chi connectivity index (χ1v) is 20.2. The molecule has 0 heterocycles. The van der Waals surface area contributed by atoms with Gasteiger partial charge in [-0.3, -0.25) is 0 Å². The van der Waals surface area contributed by atoms with E-state index < -0.39 is 0 Å². The monoisotopic (exact) mass is 728 g/mol. The molecule has 7 aromatic rings. The fraction of sp³-hybridized carbons (Fsp3) is 0.148. The lowest BCUT2D eigenvalue weighted by Crippen LogP contribution is -2.10. The molecule has 0 amide bonds. The molecule has 7 aromatic carbocycles. The molecule has 0 saturated heterocycles. The van der Waals surface area contributed by atoms with Gasteiger partial charge in [-0.25, -0.2) is 0 Å². The Bertz CT molecular complexity index is 2220. The topological polar surface area (TPSA) is 6.48 Å². The van der Waals surface area contributed by atoms with Crippen LogP contribution in [-0.2, 0) is 25.7 Å². The number of nitrogens with zero attached hydrogens (tertiary/aromatic N) is 2. The van der Waals surface area contributed by atoms with Gasteiger partial charge < -0.3 is 9.80 Å². The second-order valence-corrected chi connectivity index (χ2v) is 14.1. The van der Waals surface area contributed by atoms with E-state index in [1.165, 1.54) is 44.8 Å². The number of para-hydroxylation sites is 2. The molecule has 0 aromatic heterocycles. The molecule has 0 unspecified atom stereocenters. The van der Waals surface area contributed by atoms with Crippen molar-refractivity contribution in [1.82, 2.24) is 0 Å². The second-order valence-electron chi connectivity index (χ2n) is 14.1. The molecule has 0 aliphatic heterocycles. The smallest absolute Gasteiger partial charge is 0.0464 e. The minimum atomic E-state index is 1.02. The van der Waals surface area contributed by atoms with Gasteiger partial charge in [-0.05, 0) is 143 Å². The number of hydrogen-bond donors (Lipinski definition) is 0. The molecule has 0 aliphatic rings. The van der Waals surface area contributed by atoms with Crippen LogP contribution in [0.3, 0.4) is 0 Å². The van der Waals surface area contributed by atoms with Crippen molar-refractivity contribution < 1.29 is 0 Å². The van der Waals surface area contributed by atoms with E-state index in [0.717, 1.165) is 59.6 Å². The summed E-state index contributed by atoms with van der Waals surface area (Å²) in [5.74, 6) is 0. The highest BCUT2D eigenvalue weighted by Gasteiger charge is 2.15. The van der Waals surface area contributed by atoms with Gasteiger partial charge in [0.25, 0.3) is 0 Å². The van der Waals surface area contributed by atoms with Gasteiger partial charge in [0.2, 0.25) is 0 Å². The van der Waals surface area contributed by atoms with Crippen LogP contribution in [0.1, 0.15) is 72.2 Å². The van der Waals surface area contributed by atoms with Crippen molar-refractivity contribution in [2.45, 2.75) is 53.4 Å². The Labute approximate surface area is 334 Å². The summed E-state index contributed by atoms with van der Waals surface area (Å²) in [6.45, 7) is 8.95. The highest BCUT2D eigenvalue weighted by Crippen LogP contribution is 2.37. The average molecular weight is 729 g/mol. The predicted octanol–water partition coefficient (Wildman–Crippen LogP) is 15.2. The fourth-order valence-corrected chi connectivity index (χ4v) is 7.55. The van der Waals surface area contributed by atoms with Crippen LogP contribution in [0.4, 0.5) is 34.1 Å². The summed E-state index contributed by atoms with van der Waals surface area (Å²) in [7, 11) is 0. The maximum atomic E-state index is 2.35. The zero-order valence-electron chi connectivity index (χ0n) is 33.2. The third-order valence-corrected chi connectivity index (χ3v) is 10.7. The van der Waals surface area contributed by atoms with E-state index in [4.69, 9.17) is 0 Å². The first-order chi connectivity index (χ1) is 27.6. The molecular weight excluding hydrogens is 677 g/mol. The van der Waals surface area contributed by atoms with Gasteiger partial charge in [0, 0.05) is 34.1 Å². The van der Waals surface area contributed by atoms with Crippen molar-refractivity contribution in [3.05, 3.63) is 214 Å². The highest BCUT2D eigenvalue weighted by molar-refractivity contribution is 5.82. The number of aryl methyl sites for hydroxylation is 4. The quantitative estimate of drug-likeness (QED) is 0.103. The molecule has 0 atom stereocenters. The SMILES string of the molecule is CCc1ccc(N(c2ccccc2)c2ccc(/C=C/c3ccccc3/C=C/c3ccc(N(c4ccccc4)c4ccc(CC)c(CC)c4)cc3)cc2)cc1CC. The van der Waals surface area contributed by atoms with E-state index in [1.807, 2.05) is 0 Å². The Balaban J connectivity index is 1.10. The van der Waals surface area contributed by atoms with Gasteiger partial charge in [0.05, 0.1) is 0 Å². The molecule has 0 aliphatic carbocycles. The van der Waals surface area contributed by atoms with Gasteiger partial charge >= 0.3 is 0 Å². The summed E-state index contributed by atoms with van der Waals surface area (Å²) in [5.41, 5.74) is 17.3. The molecule has 0 fully saturated rings. The van der Waals surface area contributed by atoms with Crippen molar-refractivity contribution in [3.8, 4) is 0 Å². The van der Waals surface area contributed by atoms with Crippen LogP contribution in [0.2, 0.25) is 0 Å². The van der Waals surface area contributed by atoms with E-state index in [0.29, 0.717) is 0 Å². The van der Waals surface area contributed by atoms with Gasteiger partial charge in [-0.2, -0.15) is 0 Å². The van der Waals surface area contributed by atoms with Crippen molar-refractivity contribution >= 4 is 58.4 Å². The predicted molar refractivity (Wildman–Crippen MR) is 244 cm³/mol. The molecule has 2 nitrogen and oxygen atoms in total. The van der Waals surface area contributed by atoms with Gasteiger partial charge in [-0.1, -0.05) is 149 Å². The van der Waals surface area contributed by atoms with Gasteiger partial charge in [0.1, 0.15) is 0 Å². The molecule has 0 saturated carbocycles. The number of benzene rings is 7. The highest BCUT2D eigenvalue weighted by atomic mass is 15.1. The lowest BCUT2D eigenvalue weighted by Gasteiger charge is -2.26. The molecule has 0 bridgehead atoms. The number of anilines is 6. The summed E-state index contributed by atoms with van der Waals surface area (Å²) in [6, 6.07) is 61.4. The standard InChI is InChI=1S/C54H52N2/c1-5-43-31-37-53(39-45(43)7-3)55(49-19-11-9-12-20-49)51-33-25-41(26-34-51)23-29-47-17-15-16-18-48(47)30-24-42-27-35-52(36-28-42)56(50-21-13-10-14-22-50)54-38-32-44(6-2)46(8-4)40-54/h9-40H,5-8H2,1-4H3/b29-23+,30-24+. The normalized spacial score (nSPS) is 11.4. The van der Waals surface area contributed by atoms with Crippen LogP contribution in [0.5, 0.6) is 0 Å². The van der Waals surface area contributed by atoms with Crippen LogP contribution >= 0.6 is 0 Å². The van der Waals surface area contributed by atoms with Crippen molar-refractivity contribution in [2.24, 2.45) is 0 Å². The van der Waals surface area contributed by atoms with Crippen LogP contribution in [0.15, 0.2) is 170 Å². The summed E-state index contributed by atoms with van der Waals surface area (Å²) in [4.78, 5) is 4.70. The maximum Gasteiger partial charge on any atom is 0.0464 e. The molecule has 278 valence electrons. The summed E-state index contributed by atoms with van der Waals surface area (Å²) < 4.78 is 0. The Hall–Kier alpha value is -6.38. The maximum absolute atomic E-state index is 2.35. The van der Waals surface area contributed by atoms with E-state index >= 15 is 0 Å². The third-order valence-electron chi connectivity index (χ3n) is 10.7. The third kappa shape index (κ3) is 8.77. The molecule has 0 spiro atoms. The van der Waals surface area contributed by atoms with E-state index in [-0.39, 0.29) is 0 Å².